The number of ether oxygens (including phenoxy) is 2. The molecule has 0 bridgehead atoms. The lowest BCUT2D eigenvalue weighted by atomic mass is 9.60. The first kappa shape index (κ1) is 28.8. The summed E-state index contributed by atoms with van der Waals surface area (Å²) >= 11 is 0. The van der Waals surface area contributed by atoms with E-state index in [1.165, 1.54) is 7.11 Å². The minimum Gasteiger partial charge on any atom is -0.491 e. The standard InChI is InChI=1S/C30H40N6O5/c1-18-26(25-19(2)35-41-20(25)3)33-28(21-7-6-8-24(13-21)40-17-23(37)16-31-4)34-27(18)32-22-14-30(15-22)9-11-36(12-10-30)29(38)39-5/h6-8,13,22-23,31,37H,9-12,14-17H2,1-5H3,(H,32,33,34). The third-order valence-corrected chi connectivity index (χ3v) is 8.35. The summed E-state index contributed by atoms with van der Waals surface area (Å²) in [5.74, 6) is 2.69. The van der Waals surface area contributed by atoms with E-state index in [0.29, 0.717) is 23.9 Å². The summed E-state index contributed by atoms with van der Waals surface area (Å²) < 4.78 is 16.2. The van der Waals surface area contributed by atoms with E-state index in [1.807, 2.05) is 45.0 Å². The third kappa shape index (κ3) is 6.15. The van der Waals surface area contributed by atoms with Crippen LogP contribution in [0.15, 0.2) is 28.8 Å². The van der Waals surface area contributed by atoms with Gasteiger partial charge in [-0.3, -0.25) is 0 Å². The average molecular weight is 565 g/mol. The molecule has 3 N–H and O–H groups in total. The number of hydrogen-bond acceptors (Lipinski definition) is 10. The van der Waals surface area contributed by atoms with Gasteiger partial charge in [-0.1, -0.05) is 17.3 Å². The fraction of sp³-hybridized carbons (Fsp3) is 0.533. The Hall–Kier alpha value is -3.70. The molecule has 1 spiro atoms. The number of benzene rings is 1. The van der Waals surface area contributed by atoms with E-state index in [1.54, 1.807) is 11.9 Å². The highest BCUT2D eigenvalue weighted by atomic mass is 16.5. The van der Waals surface area contributed by atoms with Gasteiger partial charge in [-0.15, -0.1) is 0 Å². The SMILES string of the molecule is CNCC(O)COc1cccc(-c2nc(NC3CC4(CCN(C(=O)OC)CC4)C3)c(C)c(-c3c(C)noc3C)n2)c1. The number of nitrogens with one attached hydrogen (secondary N) is 2. The van der Waals surface area contributed by atoms with Gasteiger partial charge < -0.3 is 34.6 Å². The topological polar surface area (TPSA) is 135 Å². The van der Waals surface area contributed by atoms with Crippen molar-refractivity contribution in [3.05, 3.63) is 41.3 Å². The maximum Gasteiger partial charge on any atom is 0.409 e. The Bertz CT molecular complexity index is 1360. The Morgan fingerprint density at radius 2 is 1.98 bits per heavy atom. The Labute approximate surface area is 240 Å². The monoisotopic (exact) mass is 564 g/mol. The predicted molar refractivity (Wildman–Crippen MR) is 155 cm³/mol. The number of nitrogens with zero attached hydrogens (tertiary/aromatic N) is 4. The molecule has 2 aliphatic rings. The molecule has 1 atom stereocenters. The van der Waals surface area contributed by atoms with Crippen LogP contribution in [0.4, 0.5) is 10.6 Å². The molecule has 1 amide bonds. The highest BCUT2D eigenvalue weighted by Gasteiger charge is 2.46. The molecule has 1 aliphatic carbocycles. The predicted octanol–water partition coefficient (Wildman–Crippen LogP) is 4.11. The van der Waals surface area contributed by atoms with Crippen LogP contribution in [-0.2, 0) is 4.74 Å². The summed E-state index contributed by atoms with van der Waals surface area (Å²) in [7, 11) is 3.22. The van der Waals surface area contributed by atoms with Gasteiger partial charge in [0.25, 0.3) is 0 Å². The van der Waals surface area contributed by atoms with Crippen LogP contribution in [0.25, 0.3) is 22.6 Å². The Kier molecular flexibility index (Phi) is 8.46. The summed E-state index contributed by atoms with van der Waals surface area (Å²) in [4.78, 5) is 23.7. The van der Waals surface area contributed by atoms with Crippen molar-refractivity contribution >= 4 is 11.9 Å². The second-order valence-corrected chi connectivity index (χ2v) is 11.3. The zero-order valence-electron chi connectivity index (χ0n) is 24.5. The molecule has 5 rings (SSSR count). The van der Waals surface area contributed by atoms with Crippen molar-refractivity contribution in [2.75, 3.05) is 45.7 Å². The number of carbonyl (C=O) groups is 1. The second-order valence-electron chi connectivity index (χ2n) is 11.3. The van der Waals surface area contributed by atoms with Crippen molar-refractivity contribution in [1.82, 2.24) is 25.3 Å². The van der Waals surface area contributed by atoms with E-state index in [-0.39, 0.29) is 24.2 Å². The number of hydrogen-bond donors (Lipinski definition) is 3. The molecule has 1 saturated heterocycles. The maximum absolute atomic E-state index is 11.9. The summed E-state index contributed by atoms with van der Waals surface area (Å²) in [6.45, 7) is 7.93. The van der Waals surface area contributed by atoms with Crippen LogP contribution in [0.2, 0.25) is 0 Å². The molecule has 0 radical (unpaired) electrons. The van der Waals surface area contributed by atoms with Crippen molar-refractivity contribution in [1.29, 1.82) is 0 Å². The Morgan fingerprint density at radius 1 is 1.22 bits per heavy atom. The number of likely N-dealkylation sites (N-methyl/N-ethyl adjacent to an activating group) is 1. The molecule has 41 heavy (non-hydrogen) atoms. The molecule has 3 aromatic rings. The molecule has 1 aliphatic heterocycles. The highest BCUT2D eigenvalue weighted by molar-refractivity contribution is 5.74. The van der Waals surface area contributed by atoms with Gasteiger partial charge in [0.15, 0.2) is 5.82 Å². The molecule has 2 aromatic heterocycles. The van der Waals surface area contributed by atoms with E-state index in [4.69, 9.17) is 24.0 Å². The fourth-order valence-corrected chi connectivity index (χ4v) is 6.04. The van der Waals surface area contributed by atoms with Crippen LogP contribution in [0.5, 0.6) is 5.75 Å². The van der Waals surface area contributed by atoms with Crippen LogP contribution in [0.1, 0.15) is 42.7 Å². The average Bonchev–Trinajstić information content (AvgIpc) is 3.29. The number of aryl methyl sites for hydroxylation is 2. The molecule has 220 valence electrons. The number of piperidine rings is 1. The first-order valence-electron chi connectivity index (χ1n) is 14.2. The number of carbonyl (C=O) groups excluding carboxylic acids is 1. The Morgan fingerprint density at radius 3 is 2.63 bits per heavy atom. The third-order valence-electron chi connectivity index (χ3n) is 8.35. The number of amides is 1. The van der Waals surface area contributed by atoms with Gasteiger partial charge in [0, 0.05) is 36.8 Å². The van der Waals surface area contributed by atoms with Gasteiger partial charge in [-0.05, 0) is 71.0 Å². The van der Waals surface area contributed by atoms with Crippen LogP contribution >= 0.6 is 0 Å². The minimum absolute atomic E-state index is 0.178. The lowest BCUT2D eigenvalue weighted by Crippen LogP contribution is -2.52. The van der Waals surface area contributed by atoms with Crippen molar-refractivity contribution in [2.45, 2.75) is 58.6 Å². The number of aromatic nitrogens is 3. The lowest BCUT2D eigenvalue weighted by molar-refractivity contribution is 0.0226. The Balaban J connectivity index is 1.39. The second kappa shape index (κ2) is 12.0. The first-order chi connectivity index (χ1) is 19.7. The normalized spacial score (nSPS) is 17.3. The van der Waals surface area contributed by atoms with Crippen molar-refractivity contribution in [2.24, 2.45) is 5.41 Å². The number of rotatable bonds is 9. The largest absolute Gasteiger partial charge is 0.491 e. The van der Waals surface area contributed by atoms with E-state index >= 15 is 0 Å². The quantitative estimate of drug-likeness (QED) is 0.349. The fourth-order valence-electron chi connectivity index (χ4n) is 6.04. The van der Waals surface area contributed by atoms with E-state index in [9.17, 15) is 9.90 Å². The molecule has 3 heterocycles. The molecule has 1 aromatic carbocycles. The maximum atomic E-state index is 11.9. The molecule has 1 unspecified atom stereocenters. The summed E-state index contributed by atoms with van der Waals surface area (Å²) in [5.41, 5.74) is 4.42. The number of aliphatic hydroxyl groups excluding tert-OH is 1. The van der Waals surface area contributed by atoms with Crippen molar-refractivity contribution in [3.8, 4) is 28.4 Å². The van der Waals surface area contributed by atoms with Crippen LogP contribution < -0.4 is 15.4 Å². The van der Waals surface area contributed by atoms with Gasteiger partial charge >= 0.3 is 6.09 Å². The van der Waals surface area contributed by atoms with E-state index in [2.05, 4.69) is 15.8 Å². The molecule has 2 fully saturated rings. The first-order valence-corrected chi connectivity index (χ1v) is 14.2. The number of likely N-dealkylation sites (tertiary alicyclic amines) is 1. The molecule has 11 nitrogen and oxygen atoms in total. The van der Waals surface area contributed by atoms with Gasteiger partial charge in [-0.2, -0.15) is 0 Å². The summed E-state index contributed by atoms with van der Waals surface area (Å²) in [6.07, 6.45) is 3.16. The van der Waals surface area contributed by atoms with Crippen LogP contribution in [0.3, 0.4) is 0 Å². The van der Waals surface area contributed by atoms with Crippen molar-refractivity contribution in [3.63, 3.8) is 0 Å². The summed E-state index contributed by atoms with van der Waals surface area (Å²) in [5, 5.41) is 20.9. The zero-order chi connectivity index (χ0) is 29.1. The van der Waals surface area contributed by atoms with Gasteiger partial charge in [0.2, 0.25) is 0 Å². The van der Waals surface area contributed by atoms with Crippen LogP contribution in [-0.4, -0.2) is 83.8 Å². The molecule has 11 heteroatoms. The molecular weight excluding hydrogens is 524 g/mol. The smallest absolute Gasteiger partial charge is 0.409 e. The van der Waals surface area contributed by atoms with Gasteiger partial charge in [-0.25, -0.2) is 14.8 Å². The number of anilines is 1. The summed E-state index contributed by atoms with van der Waals surface area (Å²) in [6, 6.07) is 7.89. The minimum atomic E-state index is -0.611. The lowest BCUT2D eigenvalue weighted by Gasteiger charge is -2.52. The van der Waals surface area contributed by atoms with E-state index in [0.717, 1.165) is 72.7 Å². The van der Waals surface area contributed by atoms with E-state index < -0.39 is 6.10 Å². The van der Waals surface area contributed by atoms with Gasteiger partial charge in [0.05, 0.1) is 24.1 Å². The molecule has 1 saturated carbocycles. The zero-order valence-corrected chi connectivity index (χ0v) is 24.5. The number of methoxy groups -OCH3 is 1. The highest BCUT2D eigenvalue weighted by Crippen LogP contribution is 2.50. The number of aliphatic hydroxyl groups is 1. The van der Waals surface area contributed by atoms with Crippen molar-refractivity contribution < 1.29 is 23.9 Å². The molecular formula is C30H40N6O5. The van der Waals surface area contributed by atoms with Gasteiger partial charge in [0.1, 0.15) is 30.0 Å². The van der Waals surface area contributed by atoms with Crippen LogP contribution in [0, 0.1) is 26.2 Å².